The first kappa shape index (κ1) is 11.3. The molecular formula is C9H21NS. The van der Waals surface area contributed by atoms with E-state index in [4.69, 9.17) is 0 Å². The molecule has 0 aromatic rings. The molecule has 0 aliphatic rings. The Hall–Kier alpha value is 0.310. The zero-order chi connectivity index (χ0) is 8.69. The van der Waals surface area contributed by atoms with E-state index in [1.54, 1.807) is 0 Å². The fourth-order valence-corrected chi connectivity index (χ4v) is 1.36. The quantitative estimate of drug-likeness (QED) is 0.607. The van der Waals surface area contributed by atoms with Crippen molar-refractivity contribution in [3.63, 3.8) is 0 Å². The fourth-order valence-electron chi connectivity index (χ4n) is 1.22. The second-order valence-corrected chi connectivity index (χ2v) is 3.41. The van der Waals surface area contributed by atoms with Gasteiger partial charge in [-0.3, -0.25) is 0 Å². The molecule has 1 atom stereocenters. The van der Waals surface area contributed by atoms with Crippen LogP contribution >= 0.6 is 12.6 Å². The Morgan fingerprint density at radius 3 is 2.36 bits per heavy atom. The van der Waals surface area contributed by atoms with Crippen LogP contribution in [0.25, 0.3) is 0 Å². The first-order chi connectivity index (χ1) is 5.26. The zero-order valence-corrected chi connectivity index (χ0v) is 8.90. The fraction of sp³-hybridized carbons (Fsp3) is 1.00. The highest BCUT2D eigenvalue weighted by molar-refractivity contribution is 7.80. The Balaban J connectivity index is 3.56. The Bertz CT molecular complexity index is 85.6. The van der Waals surface area contributed by atoms with E-state index in [0.29, 0.717) is 0 Å². The molecule has 0 aliphatic carbocycles. The SMILES string of the molecule is CCC(C)N(CC)CCCS. The maximum absolute atomic E-state index is 4.21. The van der Waals surface area contributed by atoms with E-state index >= 15 is 0 Å². The molecule has 0 spiro atoms. The monoisotopic (exact) mass is 175 g/mol. The van der Waals surface area contributed by atoms with Crippen LogP contribution in [0.3, 0.4) is 0 Å². The standard InChI is InChI=1S/C9H21NS/c1-4-9(3)10(5-2)7-6-8-11/h9,11H,4-8H2,1-3H3. The van der Waals surface area contributed by atoms with Gasteiger partial charge in [0.25, 0.3) is 0 Å². The lowest BCUT2D eigenvalue weighted by atomic mass is 10.2. The summed E-state index contributed by atoms with van der Waals surface area (Å²) in [5.41, 5.74) is 0. The van der Waals surface area contributed by atoms with E-state index in [0.717, 1.165) is 11.8 Å². The van der Waals surface area contributed by atoms with Crippen molar-refractivity contribution in [2.24, 2.45) is 0 Å². The largest absolute Gasteiger partial charge is 0.301 e. The lowest BCUT2D eigenvalue weighted by molar-refractivity contribution is 0.216. The third-order valence-electron chi connectivity index (χ3n) is 2.22. The molecule has 0 radical (unpaired) electrons. The molecule has 0 amide bonds. The van der Waals surface area contributed by atoms with Crippen LogP contribution in [-0.4, -0.2) is 29.8 Å². The van der Waals surface area contributed by atoms with E-state index in [9.17, 15) is 0 Å². The molecule has 11 heavy (non-hydrogen) atoms. The molecular weight excluding hydrogens is 154 g/mol. The summed E-state index contributed by atoms with van der Waals surface area (Å²) in [5.74, 6) is 1.01. The van der Waals surface area contributed by atoms with Crippen molar-refractivity contribution >= 4 is 12.6 Å². The molecule has 1 nitrogen and oxygen atoms in total. The van der Waals surface area contributed by atoms with Gasteiger partial charge in [0.05, 0.1) is 0 Å². The molecule has 0 rings (SSSR count). The van der Waals surface area contributed by atoms with Gasteiger partial charge in [-0.05, 0) is 38.6 Å². The smallest absolute Gasteiger partial charge is 0.00641 e. The molecule has 0 aromatic carbocycles. The van der Waals surface area contributed by atoms with Crippen molar-refractivity contribution in [3.05, 3.63) is 0 Å². The number of rotatable bonds is 6. The highest BCUT2D eigenvalue weighted by Crippen LogP contribution is 2.03. The van der Waals surface area contributed by atoms with Crippen molar-refractivity contribution in [2.45, 2.75) is 39.7 Å². The second-order valence-electron chi connectivity index (χ2n) is 2.96. The Kier molecular flexibility index (Phi) is 7.18. The minimum atomic E-state index is 0.736. The first-order valence-corrected chi connectivity index (χ1v) is 5.24. The molecule has 2 heteroatoms. The lowest BCUT2D eigenvalue weighted by Gasteiger charge is -2.26. The van der Waals surface area contributed by atoms with E-state index in [2.05, 4.69) is 38.3 Å². The Morgan fingerprint density at radius 1 is 1.36 bits per heavy atom. The Morgan fingerprint density at radius 2 is 2.00 bits per heavy atom. The van der Waals surface area contributed by atoms with Gasteiger partial charge in [0.2, 0.25) is 0 Å². The summed E-state index contributed by atoms with van der Waals surface area (Å²) < 4.78 is 0. The molecule has 0 saturated heterocycles. The summed E-state index contributed by atoms with van der Waals surface area (Å²) in [6.07, 6.45) is 2.46. The van der Waals surface area contributed by atoms with Crippen molar-refractivity contribution in [1.82, 2.24) is 4.90 Å². The molecule has 0 N–H and O–H groups in total. The molecule has 0 heterocycles. The van der Waals surface area contributed by atoms with E-state index < -0.39 is 0 Å². The van der Waals surface area contributed by atoms with Gasteiger partial charge in [-0.1, -0.05) is 13.8 Å². The average Bonchev–Trinajstić information content (AvgIpc) is 2.05. The summed E-state index contributed by atoms with van der Waals surface area (Å²) >= 11 is 4.21. The summed E-state index contributed by atoms with van der Waals surface area (Å²) in [4.78, 5) is 2.51. The van der Waals surface area contributed by atoms with Crippen molar-refractivity contribution < 1.29 is 0 Å². The lowest BCUT2D eigenvalue weighted by Crippen LogP contribution is -2.33. The maximum Gasteiger partial charge on any atom is 0.00641 e. The van der Waals surface area contributed by atoms with Gasteiger partial charge in [0, 0.05) is 6.04 Å². The molecule has 0 aromatic heterocycles. The predicted octanol–water partition coefficient (Wildman–Crippen LogP) is 2.43. The minimum absolute atomic E-state index is 0.736. The highest BCUT2D eigenvalue weighted by Gasteiger charge is 2.07. The second kappa shape index (κ2) is 6.99. The van der Waals surface area contributed by atoms with E-state index in [1.165, 1.54) is 25.9 Å². The summed E-state index contributed by atoms with van der Waals surface area (Å²) in [7, 11) is 0. The number of hydrogen-bond acceptors (Lipinski definition) is 2. The maximum atomic E-state index is 4.21. The van der Waals surface area contributed by atoms with Crippen LogP contribution < -0.4 is 0 Å². The van der Waals surface area contributed by atoms with Crippen LogP contribution in [0.15, 0.2) is 0 Å². The van der Waals surface area contributed by atoms with Crippen molar-refractivity contribution in [3.8, 4) is 0 Å². The zero-order valence-electron chi connectivity index (χ0n) is 8.01. The predicted molar refractivity (Wildman–Crippen MR) is 55.5 cm³/mol. The summed E-state index contributed by atoms with van der Waals surface area (Å²) in [5, 5.41) is 0. The third-order valence-corrected chi connectivity index (χ3v) is 2.54. The average molecular weight is 175 g/mol. The molecule has 0 bridgehead atoms. The third kappa shape index (κ3) is 4.70. The number of thiol groups is 1. The highest BCUT2D eigenvalue weighted by atomic mass is 32.1. The van der Waals surface area contributed by atoms with Crippen molar-refractivity contribution in [2.75, 3.05) is 18.8 Å². The topological polar surface area (TPSA) is 3.24 Å². The van der Waals surface area contributed by atoms with Gasteiger partial charge in [0.1, 0.15) is 0 Å². The molecule has 0 fully saturated rings. The Labute approximate surface area is 76.6 Å². The first-order valence-electron chi connectivity index (χ1n) is 4.61. The number of nitrogens with zero attached hydrogens (tertiary/aromatic N) is 1. The van der Waals surface area contributed by atoms with Crippen LogP contribution in [-0.2, 0) is 0 Å². The van der Waals surface area contributed by atoms with Crippen molar-refractivity contribution in [1.29, 1.82) is 0 Å². The minimum Gasteiger partial charge on any atom is -0.301 e. The van der Waals surface area contributed by atoms with Gasteiger partial charge < -0.3 is 4.90 Å². The van der Waals surface area contributed by atoms with E-state index in [1.807, 2.05) is 0 Å². The molecule has 0 saturated carbocycles. The van der Waals surface area contributed by atoms with Crippen LogP contribution in [0.2, 0.25) is 0 Å². The molecule has 68 valence electrons. The normalized spacial score (nSPS) is 13.9. The van der Waals surface area contributed by atoms with Gasteiger partial charge in [-0.15, -0.1) is 0 Å². The van der Waals surface area contributed by atoms with E-state index in [-0.39, 0.29) is 0 Å². The van der Waals surface area contributed by atoms with Gasteiger partial charge in [-0.25, -0.2) is 0 Å². The van der Waals surface area contributed by atoms with Crippen LogP contribution in [0.4, 0.5) is 0 Å². The van der Waals surface area contributed by atoms with Crippen LogP contribution in [0, 0.1) is 0 Å². The van der Waals surface area contributed by atoms with Crippen LogP contribution in [0.5, 0.6) is 0 Å². The number of hydrogen-bond donors (Lipinski definition) is 1. The van der Waals surface area contributed by atoms with Crippen LogP contribution in [0.1, 0.15) is 33.6 Å². The van der Waals surface area contributed by atoms with Gasteiger partial charge >= 0.3 is 0 Å². The van der Waals surface area contributed by atoms with Gasteiger partial charge in [0.15, 0.2) is 0 Å². The summed E-state index contributed by atoms with van der Waals surface area (Å²) in [6, 6.07) is 0.736. The molecule has 0 aliphatic heterocycles. The van der Waals surface area contributed by atoms with Gasteiger partial charge in [-0.2, -0.15) is 12.6 Å². The summed E-state index contributed by atoms with van der Waals surface area (Å²) in [6.45, 7) is 9.14. The molecule has 1 unspecified atom stereocenters.